The number of carbonyl (C=O) groups excluding carboxylic acids is 1. The van der Waals surface area contributed by atoms with E-state index in [2.05, 4.69) is 25.6 Å². The predicted octanol–water partition coefficient (Wildman–Crippen LogP) is 0.949. The van der Waals surface area contributed by atoms with Gasteiger partial charge in [0, 0.05) is 5.69 Å². The maximum absolute atomic E-state index is 12.0. The molecule has 0 aliphatic rings. The molecule has 0 fully saturated rings. The van der Waals surface area contributed by atoms with Crippen LogP contribution >= 0.6 is 11.3 Å². The fourth-order valence-electron chi connectivity index (χ4n) is 2.06. The third-order valence-electron chi connectivity index (χ3n) is 3.27. The van der Waals surface area contributed by atoms with E-state index in [4.69, 9.17) is 0 Å². The number of sulfonamides is 1. The molecule has 3 rings (SSSR count). The summed E-state index contributed by atoms with van der Waals surface area (Å²) in [6.45, 7) is 1.52. The first-order valence-corrected chi connectivity index (χ1v) is 9.49. The molecule has 9 nitrogen and oxygen atoms in total. The van der Waals surface area contributed by atoms with Gasteiger partial charge in [0.1, 0.15) is 10.5 Å². The Bertz CT molecular complexity index is 968. The van der Waals surface area contributed by atoms with Gasteiger partial charge in [-0.05, 0) is 46.5 Å². The quantitative estimate of drug-likeness (QED) is 0.659. The topological polar surface area (TPSA) is 119 Å². The smallest absolute Gasteiger partial charge is 0.250 e. The van der Waals surface area contributed by atoms with Crippen molar-refractivity contribution in [1.82, 2.24) is 24.9 Å². The maximum Gasteiger partial charge on any atom is 0.250 e. The number of hydrogen-bond donors (Lipinski definition) is 2. The summed E-state index contributed by atoms with van der Waals surface area (Å²) in [4.78, 5) is 12.0. The van der Waals surface area contributed by atoms with Crippen molar-refractivity contribution in [1.29, 1.82) is 0 Å². The zero-order chi connectivity index (χ0) is 17.9. The predicted molar refractivity (Wildman–Crippen MR) is 92.0 cm³/mol. The number of hydrogen-bond acceptors (Lipinski definition) is 7. The Morgan fingerprint density at radius 2 is 2.16 bits per heavy atom. The number of amides is 1. The molecule has 0 radical (unpaired) electrons. The lowest BCUT2D eigenvalue weighted by Gasteiger charge is -2.10. The van der Waals surface area contributed by atoms with E-state index in [0.29, 0.717) is 11.4 Å². The van der Waals surface area contributed by atoms with Crippen LogP contribution in [0.2, 0.25) is 0 Å². The second-order valence-electron chi connectivity index (χ2n) is 5.06. The summed E-state index contributed by atoms with van der Waals surface area (Å²) >= 11 is 1.08. The standard InChI is InChI=1S/C14H14N6O3S2/c1-10-4-5-11(7-12(10)20-9-15-18-19-20)17-13(21)8-16-25(22,23)14-3-2-6-24-14/h2-7,9,16H,8H2,1H3,(H,17,21). The number of thiophene rings is 1. The fraction of sp³-hybridized carbons (Fsp3) is 0.143. The van der Waals surface area contributed by atoms with Crippen LogP contribution in [-0.4, -0.2) is 41.1 Å². The summed E-state index contributed by atoms with van der Waals surface area (Å²) in [6.07, 6.45) is 1.45. The highest BCUT2D eigenvalue weighted by atomic mass is 32.2. The van der Waals surface area contributed by atoms with Crippen LogP contribution in [0.4, 0.5) is 5.69 Å². The number of anilines is 1. The number of carbonyl (C=O) groups is 1. The van der Waals surface area contributed by atoms with Crippen molar-refractivity contribution >= 4 is 33.0 Å². The van der Waals surface area contributed by atoms with E-state index in [-0.39, 0.29) is 10.8 Å². The summed E-state index contributed by atoms with van der Waals surface area (Å²) in [5.74, 6) is -0.480. The van der Waals surface area contributed by atoms with Crippen molar-refractivity contribution in [2.45, 2.75) is 11.1 Å². The Morgan fingerprint density at radius 1 is 1.32 bits per heavy atom. The molecule has 0 aliphatic carbocycles. The van der Waals surface area contributed by atoms with E-state index in [1.807, 2.05) is 13.0 Å². The molecule has 0 saturated carbocycles. The maximum atomic E-state index is 12.0. The molecule has 0 atom stereocenters. The van der Waals surface area contributed by atoms with Crippen molar-refractivity contribution in [2.75, 3.05) is 11.9 Å². The zero-order valence-electron chi connectivity index (χ0n) is 13.1. The summed E-state index contributed by atoms with van der Waals surface area (Å²) in [6, 6.07) is 8.34. The summed E-state index contributed by atoms with van der Waals surface area (Å²) in [7, 11) is -3.68. The molecule has 11 heteroatoms. The van der Waals surface area contributed by atoms with Crippen LogP contribution in [-0.2, 0) is 14.8 Å². The normalized spacial score (nSPS) is 11.4. The van der Waals surface area contributed by atoms with Crippen LogP contribution in [0, 0.1) is 6.92 Å². The van der Waals surface area contributed by atoms with Gasteiger partial charge in [0.25, 0.3) is 10.0 Å². The molecule has 1 aromatic carbocycles. The molecule has 2 aromatic heterocycles. The van der Waals surface area contributed by atoms with Gasteiger partial charge in [-0.1, -0.05) is 12.1 Å². The van der Waals surface area contributed by atoms with E-state index in [0.717, 1.165) is 16.9 Å². The number of aromatic nitrogens is 4. The van der Waals surface area contributed by atoms with Gasteiger partial charge in [-0.15, -0.1) is 16.4 Å². The number of aryl methyl sites for hydroxylation is 1. The summed E-state index contributed by atoms with van der Waals surface area (Å²) in [5, 5.41) is 15.3. The lowest BCUT2D eigenvalue weighted by atomic mass is 10.2. The van der Waals surface area contributed by atoms with Crippen molar-refractivity contribution in [3.63, 3.8) is 0 Å². The number of nitrogens with zero attached hydrogens (tertiary/aromatic N) is 4. The number of rotatable bonds is 6. The number of benzene rings is 1. The van der Waals surface area contributed by atoms with Crippen LogP contribution in [0.1, 0.15) is 5.56 Å². The highest BCUT2D eigenvalue weighted by Crippen LogP contribution is 2.18. The highest BCUT2D eigenvalue weighted by molar-refractivity contribution is 7.91. The average Bonchev–Trinajstić information content (AvgIpc) is 3.28. The first kappa shape index (κ1) is 17.2. The number of tetrazole rings is 1. The molecular formula is C14H14N6O3S2. The Morgan fingerprint density at radius 3 is 2.84 bits per heavy atom. The SMILES string of the molecule is Cc1ccc(NC(=O)CNS(=O)(=O)c2cccs2)cc1-n1cnnn1. The zero-order valence-corrected chi connectivity index (χ0v) is 14.7. The largest absolute Gasteiger partial charge is 0.325 e. The van der Waals surface area contributed by atoms with Crippen LogP contribution in [0.25, 0.3) is 5.69 Å². The fourth-order valence-corrected chi connectivity index (χ4v) is 4.08. The Kier molecular flexibility index (Phi) is 4.88. The van der Waals surface area contributed by atoms with Crippen molar-refractivity contribution < 1.29 is 13.2 Å². The van der Waals surface area contributed by atoms with E-state index in [9.17, 15) is 13.2 Å². The van der Waals surface area contributed by atoms with Gasteiger partial charge in [0.2, 0.25) is 5.91 Å². The molecule has 130 valence electrons. The minimum absolute atomic E-state index is 0.164. The molecule has 2 N–H and O–H groups in total. The molecular weight excluding hydrogens is 364 g/mol. The lowest BCUT2D eigenvalue weighted by Crippen LogP contribution is -2.32. The number of nitrogens with one attached hydrogen (secondary N) is 2. The molecule has 1 amide bonds. The van der Waals surface area contributed by atoms with E-state index in [1.165, 1.54) is 17.1 Å². The second-order valence-corrected chi connectivity index (χ2v) is 8.00. The summed E-state index contributed by atoms with van der Waals surface area (Å²) in [5.41, 5.74) is 2.14. The van der Waals surface area contributed by atoms with Gasteiger partial charge in [0.15, 0.2) is 0 Å². The van der Waals surface area contributed by atoms with E-state index >= 15 is 0 Å². The van der Waals surface area contributed by atoms with Gasteiger partial charge in [-0.2, -0.15) is 0 Å². The molecule has 2 heterocycles. The monoisotopic (exact) mass is 378 g/mol. The Hall–Kier alpha value is -2.63. The van der Waals surface area contributed by atoms with Crippen molar-refractivity contribution in [3.05, 3.63) is 47.6 Å². The van der Waals surface area contributed by atoms with E-state index in [1.54, 1.807) is 23.6 Å². The van der Waals surface area contributed by atoms with Crippen LogP contribution in [0.3, 0.4) is 0 Å². The molecule has 0 saturated heterocycles. The van der Waals surface area contributed by atoms with E-state index < -0.39 is 15.9 Å². The molecule has 0 unspecified atom stereocenters. The lowest BCUT2D eigenvalue weighted by molar-refractivity contribution is -0.115. The van der Waals surface area contributed by atoms with Crippen molar-refractivity contribution in [2.24, 2.45) is 0 Å². The van der Waals surface area contributed by atoms with Gasteiger partial charge < -0.3 is 5.32 Å². The molecule has 0 bridgehead atoms. The third kappa shape index (κ3) is 4.07. The van der Waals surface area contributed by atoms with Gasteiger partial charge in [-0.3, -0.25) is 4.79 Å². The van der Waals surface area contributed by atoms with Gasteiger partial charge in [0.05, 0.1) is 12.2 Å². The summed E-state index contributed by atoms with van der Waals surface area (Å²) < 4.78 is 27.9. The third-order valence-corrected chi connectivity index (χ3v) is 6.07. The first-order valence-electron chi connectivity index (χ1n) is 7.13. The van der Waals surface area contributed by atoms with Crippen molar-refractivity contribution in [3.8, 4) is 5.69 Å². The Balaban J connectivity index is 1.67. The van der Waals surface area contributed by atoms with Crippen LogP contribution < -0.4 is 10.0 Å². The van der Waals surface area contributed by atoms with Gasteiger partial charge >= 0.3 is 0 Å². The minimum atomic E-state index is -3.68. The average molecular weight is 378 g/mol. The minimum Gasteiger partial charge on any atom is -0.325 e. The molecule has 25 heavy (non-hydrogen) atoms. The first-order chi connectivity index (χ1) is 12.0. The molecule has 3 aromatic rings. The highest BCUT2D eigenvalue weighted by Gasteiger charge is 2.16. The molecule has 0 spiro atoms. The van der Waals surface area contributed by atoms with Gasteiger partial charge in [-0.25, -0.2) is 17.8 Å². The molecule has 0 aliphatic heterocycles. The Labute approximate surface area is 147 Å². The van der Waals surface area contributed by atoms with Crippen LogP contribution in [0.5, 0.6) is 0 Å². The van der Waals surface area contributed by atoms with Crippen LogP contribution in [0.15, 0.2) is 46.2 Å². The second kappa shape index (κ2) is 7.09.